The number of ketones is 1. The Labute approximate surface area is 205 Å². The average Bonchev–Trinajstić information content (AvgIpc) is 3.59. The molecule has 0 saturated carbocycles. The van der Waals surface area contributed by atoms with E-state index in [9.17, 15) is 23.1 Å². The minimum Gasteiger partial charge on any atom is -0.389 e. The number of hydrogen-bond acceptors (Lipinski definition) is 7. The van der Waals surface area contributed by atoms with E-state index in [0.29, 0.717) is 21.0 Å². The van der Waals surface area contributed by atoms with E-state index >= 15 is 0 Å². The first-order valence-electron chi connectivity index (χ1n) is 10.6. The van der Waals surface area contributed by atoms with Crippen LogP contribution in [0, 0.1) is 0 Å². The molecule has 2 aromatic heterocycles. The first-order chi connectivity index (χ1) is 16.9. The van der Waals surface area contributed by atoms with Crippen LogP contribution in [0.5, 0.6) is 0 Å². The summed E-state index contributed by atoms with van der Waals surface area (Å²) in [7, 11) is -4.01. The number of nitrogens with zero attached hydrogens (tertiary/aromatic N) is 3. The highest BCUT2D eigenvalue weighted by Gasteiger charge is 2.44. The van der Waals surface area contributed by atoms with Crippen LogP contribution < -0.4 is 5.32 Å². The van der Waals surface area contributed by atoms with Crippen molar-refractivity contribution in [3.05, 3.63) is 95.1 Å². The maximum Gasteiger partial charge on any atom is 0.256 e. The Kier molecular flexibility index (Phi) is 6.07. The van der Waals surface area contributed by atoms with Gasteiger partial charge in [0.2, 0.25) is 10.0 Å². The second kappa shape index (κ2) is 9.19. The van der Waals surface area contributed by atoms with Crippen LogP contribution in [0.3, 0.4) is 0 Å². The molecule has 0 bridgehead atoms. The summed E-state index contributed by atoms with van der Waals surface area (Å²) in [6, 6.07) is 17.4. The van der Waals surface area contributed by atoms with Gasteiger partial charge >= 0.3 is 0 Å². The molecule has 1 aliphatic rings. The van der Waals surface area contributed by atoms with Crippen LogP contribution >= 0.6 is 11.3 Å². The monoisotopic (exact) mass is 508 g/mol. The molecule has 1 amide bonds. The number of carbonyl (C=O) groups is 2. The minimum absolute atomic E-state index is 0.0257. The highest BCUT2D eigenvalue weighted by molar-refractivity contribution is 7.89. The maximum atomic E-state index is 13.3. The molecule has 178 valence electrons. The van der Waals surface area contributed by atoms with Crippen molar-refractivity contribution >= 4 is 38.1 Å². The molecule has 2 N–H and O–H groups in total. The molecule has 35 heavy (non-hydrogen) atoms. The van der Waals surface area contributed by atoms with E-state index in [4.69, 9.17) is 0 Å². The molecule has 0 spiro atoms. The molecule has 1 aliphatic heterocycles. The highest BCUT2D eigenvalue weighted by atomic mass is 32.2. The van der Waals surface area contributed by atoms with Crippen LogP contribution in [0.4, 0.5) is 5.00 Å². The molecule has 9 nitrogen and oxygen atoms in total. The van der Waals surface area contributed by atoms with Crippen molar-refractivity contribution in [2.75, 3.05) is 11.9 Å². The average molecular weight is 509 g/mol. The normalized spacial score (nSPS) is 15.5. The molecule has 5 rings (SSSR count). The smallest absolute Gasteiger partial charge is 0.256 e. The number of thiophene rings is 1. The molecular weight excluding hydrogens is 488 g/mol. The number of anilines is 1. The zero-order valence-electron chi connectivity index (χ0n) is 18.2. The van der Waals surface area contributed by atoms with Crippen LogP contribution in [0.2, 0.25) is 0 Å². The topological polar surface area (TPSA) is 122 Å². The molecule has 2 aromatic carbocycles. The van der Waals surface area contributed by atoms with Gasteiger partial charge in [-0.3, -0.25) is 9.59 Å². The largest absolute Gasteiger partial charge is 0.389 e. The molecule has 3 heterocycles. The summed E-state index contributed by atoms with van der Waals surface area (Å²) in [6.45, 7) is -0.804. The number of rotatable bonds is 7. The molecule has 0 aliphatic carbocycles. The molecule has 1 unspecified atom stereocenters. The molecule has 4 aromatic rings. The van der Waals surface area contributed by atoms with Gasteiger partial charge in [-0.1, -0.05) is 30.3 Å². The van der Waals surface area contributed by atoms with Crippen LogP contribution in [-0.2, 0) is 21.4 Å². The van der Waals surface area contributed by atoms with Crippen LogP contribution in [-0.4, -0.2) is 45.9 Å². The number of nitrogens with one attached hydrogen (secondary N) is 1. The number of aromatic nitrogens is 2. The van der Waals surface area contributed by atoms with E-state index in [0.717, 1.165) is 21.3 Å². The quantitative estimate of drug-likeness (QED) is 0.396. The minimum atomic E-state index is -4.01. The number of sulfonamides is 1. The van der Waals surface area contributed by atoms with Crippen molar-refractivity contribution in [1.29, 1.82) is 0 Å². The third-order valence-corrected chi connectivity index (χ3v) is 8.70. The summed E-state index contributed by atoms with van der Waals surface area (Å²) < 4.78 is 29.4. The summed E-state index contributed by atoms with van der Waals surface area (Å²) in [4.78, 5) is 25.8. The molecule has 0 fully saturated rings. The number of hydrogen-bond donors (Lipinski definition) is 2. The maximum absolute atomic E-state index is 13.3. The van der Waals surface area contributed by atoms with E-state index in [-0.39, 0.29) is 17.3 Å². The summed E-state index contributed by atoms with van der Waals surface area (Å²) in [5, 5.41) is 16.8. The lowest BCUT2D eigenvalue weighted by molar-refractivity contribution is -0.125. The van der Waals surface area contributed by atoms with Crippen molar-refractivity contribution in [2.45, 2.75) is 17.5 Å². The molecule has 0 saturated heterocycles. The van der Waals surface area contributed by atoms with Gasteiger partial charge in [-0.05, 0) is 42.0 Å². The van der Waals surface area contributed by atoms with Gasteiger partial charge in [-0.2, -0.15) is 9.40 Å². The molecular formula is C24H20N4O5S2. The van der Waals surface area contributed by atoms with Gasteiger partial charge in [0.15, 0.2) is 5.78 Å². The highest BCUT2D eigenvalue weighted by Crippen LogP contribution is 2.43. The van der Waals surface area contributed by atoms with Crippen molar-refractivity contribution in [1.82, 2.24) is 14.1 Å². The standard InChI is InChI=1S/C24H20N4O5S2/c29-15-19(30)23(16-5-2-1-3-6-16)28-14-20-21(35(28,32)33)13-22(34-20)26-24(31)17-7-9-18(10-8-17)27-12-4-11-25-27/h1-13,23,29H,14-15H2,(H,26,31). The lowest BCUT2D eigenvalue weighted by Crippen LogP contribution is -2.36. The van der Waals surface area contributed by atoms with Crippen molar-refractivity contribution in [3.63, 3.8) is 0 Å². The summed E-state index contributed by atoms with van der Waals surface area (Å²) >= 11 is 1.14. The number of benzene rings is 2. The lowest BCUT2D eigenvalue weighted by Gasteiger charge is -2.25. The summed E-state index contributed by atoms with van der Waals surface area (Å²) in [6.07, 6.45) is 3.45. The Morgan fingerprint density at radius 1 is 1.09 bits per heavy atom. The van der Waals surface area contributed by atoms with E-state index < -0.39 is 28.5 Å². The van der Waals surface area contributed by atoms with E-state index in [1.807, 2.05) is 0 Å². The zero-order chi connectivity index (χ0) is 24.6. The summed E-state index contributed by atoms with van der Waals surface area (Å²) in [5.41, 5.74) is 1.70. The Hall–Kier alpha value is -3.64. The van der Waals surface area contributed by atoms with Gasteiger partial charge in [0.25, 0.3) is 5.91 Å². The van der Waals surface area contributed by atoms with Gasteiger partial charge in [0.05, 0.1) is 22.1 Å². The Balaban J connectivity index is 1.36. The fourth-order valence-electron chi connectivity index (χ4n) is 3.99. The Morgan fingerprint density at radius 3 is 2.46 bits per heavy atom. The van der Waals surface area contributed by atoms with Gasteiger partial charge < -0.3 is 10.4 Å². The third kappa shape index (κ3) is 4.30. The number of aliphatic hydroxyl groups excluding tert-OH is 1. The third-order valence-electron chi connectivity index (χ3n) is 5.66. The number of carbonyl (C=O) groups excluding carboxylic acids is 2. The van der Waals surface area contributed by atoms with Crippen molar-refractivity contribution in [2.24, 2.45) is 0 Å². The van der Waals surface area contributed by atoms with Gasteiger partial charge in [-0.25, -0.2) is 13.1 Å². The van der Waals surface area contributed by atoms with Crippen LogP contribution in [0.1, 0.15) is 26.8 Å². The predicted molar refractivity (Wildman–Crippen MR) is 130 cm³/mol. The number of Topliss-reactive ketones (excluding diaryl/α,β-unsaturated/α-hetero) is 1. The lowest BCUT2D eigenvalue weighted by atomic mass is 10.0. The number of aliphatic hydroxyl groups is 1. The fraction of sp³-hybridized carbons (Fsp3) is 0.125. The molecule has 0 radical (unpaired) electrons. The van der Waals surface area contributed by atoms with Crippen LogP contribution in [0.25, 0.3) is 5.69 Å². The Morgan fingerprint density at radius 2 is 1.83 bits per heavy atom. The zero-order valence-corrected chi connectivity index (χ0v) is 19.9. The van der Waals surface area contributed by atoms with E-state index in [1.54, 1.807) is 77.7 Å². The van der Waals surface area contributed by atoms with Crippen molar-refractivity contribution in [3.8, 4) is 5.69 Å². The second-order valence-corrected chi connectivity index (χ2v) is 10.8. The first kappa shape index (κ1) is 23.1. The van der Waals surface area contributed by atoms with Gasteiger partial charge in [0.1, 0.15) is 12.6 Å². The molecule has 11 heteroatoms. The summed E-state index contributed by atoms with van der Waals surface area (Å²) in [5.74, 6) is -0.981. The van der Waals surface area contributed by atoms with E-state index in [2.05, 4.69) is 10.4 Å². The first-order valence-corrected chi connectivity index (χ1v) is 12.9. The second-order valence-electron chi connectivity index (χ2n) is 7.84. The van der Waals surface area contributed by atoms with E-state index in [1.165, 1.54) is 6.07 Å². The number of fused-ring (bicyclic) bond motifs is 1. The SMILES string of the molecule is O=C(Nc1cc2c(s1)CN(C(C(=O)CO)c1ccccc1)S2(=O)=O)c1ccc(-n2cccn2)cc1. The van der Waals surface area contributed by atoms with Crippen LogP contribution in [0.15, 0.2) is 84.0 Å². The predicted octanol–water partition coefficient (Wildman–Crippen LogP) is 2.99. The fourth-order valence-corrected chi connectivity index (χ4v) is 7.22. The van der Waals surface area contributed by atoms with Gasteiger partial charge in [-0.15, -0.1) is 11.3 Å². The number of amides is 1. The van der Waals surface area contributed by atoms with Crippen molar-refractivity contribution < 1.29 is 23.1 Å². The van der Waals surface area contributed by atoms with Gasteiger partial charge in [0, 0.05) is 22.8 Å². The Bertz CT molecular complexity index is 1480. The molecule has 1 atom stereocenters.